The Kier molecular flexibility index (Phi) is 4.80. The summed E-state index contributed by atoms with van der Waals surface area (Å²) in [6.07, 6.45) is 5.48. The van der Waals surface area contributed by atoms with Crippen molar-refractivity contribution in [1.29, 1.82) is 0 Å². The predicted octanol–water partition coefficient (Wildman–Crippen LogP) is 4.83. The molecule has 3 atom stereocenters. The van der Waals surface area contributed by atoms with Gasteiger partial charge in [-0.1, -0.05) is 44.2 Å². The fourth-order valence-electron chi connectivity index (χ4n) is 3.24. The Morgan fingerprint density at radius 3 is 2.63 bits per heavy atom. The molecule has 2 rings (SSSR count). The summed E-state index contributed by atoms with van der Waals surface area (Å²) in [7, 11) is 0. The summed E-state index contributed by atoms with van der Waals surface area (Å²) >= 11 is 5.58. The zero-order chi connectivity index (χ0) is 14.0. The molecular weight excluding hydrogens is 268 g/mol. The van der Waals surface area contributed by atoms with E-state index in [0.717, 1.165) is 37.8 Å². The Morgan fingerprint density at radius 2 is 1.95 bits per heavy atom. The van der Waals surface area contributed by atoms with Crippen molar-refractivity contribution in [1.82, 2.24) is 0 Å². The van der Waals surface area contributed by atoms with E-state index in [0.29, 0.717) is 5.92 Å². The maximum Gasteiger partial charge on any atom is 0.142 e. The molecule has 3 unspecified atom stereocenters. The molecule has 2 N–H and O–H groups in total. The van der Waals surface area contributed by atoms with Crippen LogP contribution in [0.1, 0.15) is 50.6 Å². The van der Waals surface area contributed by atoms with Gasteiger partial charge in [-0.3, -0.25) is 0 Å². The van der Waals surface area contributed by atoms with Crippen LogP contribution >= 0.6 is 11.6 Å². The molecule has 0 heterocycles. The third kappa shape index (κ3) is 3.09. The highest BCUT2D eigenvalue weighted by molar-refractivity contribution is 6.30. The van der Waals surface area contributed by atoms with Crippen molar-refractivity contribution in [2.45, 2.75) is 45.1 Å². The summed E-state index contributed by atoms with van der Waals surface area (Å²) in [6, 6.07) is 1.73. The lowest BCUT2D eigenvalue weighted by atomic mass is 9.72. The van der Waals surface area contributed by atoms with Gasteiger partial charge in [-0.15, -0.1) is 0 Å². The number of nitrogens with two attached hydrogens (primary N) is 1. The minimum atomic E-state index is -0.600. The average molecular weight is 288 g/mol. The van der Waals surface area contributed by atoms with Gasteiger partial charge in [-0.05, 0) is 30.4 Å². The number of hydrogen-bond donors (Lipinski definition) is 1. The molecule has 1 aliphatic rings. The summed E-state index contributed by atoms with van der Waals surface area (Å²) in [5, 5.41) is -0.191. The van der Waals surface area contributed by atoms with Crippen LogP contribution in [-0.4, -0.2) is 0 Å². The monoisotopic (exact) mass is 287 g/mol. The average Bonchev–Trinajstić information content (AvgIpc) is 2.42. The Hall–Kier alpha value is -0.670. The highest BCUT2D eigenvalue weighted by Crippen LogP contribution is 2.40. The molecule has 1 aliphatic carbocycles. The van der Waals surface area contributed by atoms with Crippen LogP contribution in [0.4, 0.5) is 8.78 Å². The number of halogens is 3. The van der Waals surface area contributed by atoms with E-state index in [1.165, 1.54) is 6.42 Å². The Labute approximate surface area is 118 Å². The van der Waals surface area contributed by atoms with E-state index >= 15 is 0 Å². The predicted molar refractivity (Wildman–Crippen MR) is 74.0 cm³/mol. The largest absolute Gasteiger partial charge is 0.324 e. The summed E-state index contributed by atoms with van der Waals surface area (Å²) in [4.78, 5) is 0. The van der Waals surface area contributed by atoms with Crippen molar-refractivity contribution < 1.29 is 8.78 Å². The standard InChI is InChI=1S/C15H20ClF2N/c1-2-9-5-3-4-6-10(9)15(19)11-7-14(18)12(16)8-13(11)17/h7-10,15H,2-6,19H2,1H3. The van der Waals surface area contributed by atoms with Crippen LogP contribution in [0.2, 0.25) is 5.02 Å². The van der Waals surface area contributed by atoms with Crippen molar-refractivity contribution in [3.63, 3.8) is 0 Å². The molecule has 0 spiro atoms. The van der Waals surface area contributed by atoms with Gasteiger partial charge in [0.15, 0.2) is 0 Å². The topological polar surface area (TPSA) is 26.0 Å². The van der Waals surface area contributed by atoms with Crippen molar-refractivity contribution in [3.05, 3.63) is 34.4 Å². The molecule has 0 radical (unpaired) electrons. The Morgan fingerprint density at radius 1 is 1.26 bits per heavy atom. The quantitative estimate of drug-likeness (QED) is 0.791. The first-order valence-corrected chi connectivity index (χ1v) is 7.32. The van der Waals surface area contributed by atoms with Crippen molar-refractivity contribution in [2.75, 3.05) is 0 Å². The SMILES string of the molecule is CCC1CCCCC1C(N)c1cc(F)c(Cl)cc1F. The maximum atomic E-state index is 13.9. The molecule has 0 bridgehead atoms. The second-order valence-electron chi connectivity index (χ2n) is 5.43. The molecular formula is C15H20ClF2N. The number of rotatable bonds is 3. The number of hydrogen-bond acceptors (Lipinski definition) is 1. The van der Waals surface area contributed by atoms with Crippen molar-refractivity contribution in [3.8, 4) is 0 Å². The van der Waals surface area contributed by atoms with E-state index in [4.69, 9.17) is 17.3 Å². The first-order chi connectivity index (χ1) is 9.04. The van der Waals surface area contributed by atoms with Gasteiger partial charge in [0.2, 0.25) is 0 Å². The smallest absolute Gasteiger partial charge is 0.142 e. The molecule has 1 aromatic carbocycles. The van der Waals surface area contributed by atoms with Gasteiger partial charge in [-0.25, -0.2) is 8.78 Å². The van der Waals surface area contributed by atoms with E-state index in [9.17, 15) is 8.78 Å². The van der Waals surface area contributed by atoms with E-state index in [-0.39, 0.29) is 16.5 Å². The third-order valence-corrected chi connectivity index (χ3v) is 4.64. The normalized spacial score (nSPS) is 25.3. The summed E-state index contributed by atoms with van der Waals surface area (Å²) in [5.74, 6) is -0.368. The summed E-state index contributed by atoms with van der Waals surface area (Å²) in [5.41, 5.74) is 6.46. The van der Waals surface area contributed by atoms with Crippen LogP contribution in [0.3, 0.4) is 0 Å². The molecule has 1 saturated carbocycles. The van der Waals surface area contributed by atoms with Gasteiger partial charge < -0.3 is 5.73 Å². The fraction of sp³-hybridized carbons (Fsp3) is 0.600. The van der Waals surface area contributed by atoms with E-state index in [1.54, 1.807) is 0 Å². The fourth-order valence-corrected chi connectivity index (χ4v) is 3.39. The Balaban J connectivity index is 2.27. The molecule has 4 heteroatoms. The van der Waals surface area contributed by atoms with Gasteiger partial charge in [0, 0.05) is 11.6 Å². The lowest BCUT2D eigenvalue weighted by Gasteiger charge is -2.35. The van der Waals surface area contributed by atoms with Gasteiger partial charge in [0.25, 0.3) is 0 Å². The van der Waals surface area contributed by atoms with Gasteiger partial charge in [0.05, 0.1) is 5.02 Å². The van der Waals surface area contributed by atoms with Gasteiger partial charge in [0.1, 0.15) is 11.6 Å². The van der Waals surface area contributed by atoms with Gasteiger partial charge >= 0.3 is 0 Å². The van der Waals surface area contributed by atoms with E-state index in [1.807, 2.05) is 0 Å². The van der Waals surface area contributed by atoms with Crippen LogP contribution in [0.25, 0.3) is 0 Å². The second-order valence-corrected chi connectivity index (χ2v) is 5.84. The lowest BCUT2D eigenvalue weighted by Crippen LogP contribution is -2.31. The maximum absolute atomic E-state index is 13.9. The lowest BCUT2D eigenvalue weighted by molar-refractivity contribution is 0.194. The van der Waals surface area contributed by atoms with Gasteiger partial charge in [-0.2, -0.15) is 0 Å². The zero-order valence-corrected chi connectivity index (χ0v) is 11.9. The van der Waals surface area contributed by atoms with Crippen LogP contribution in [-0.2, 0) is 0 Å². The van der Waals surface area contributed by atoms with E-state index in [2.05, 4.69) is 6.92 Å². The molecule has 0 amide bonds. The van der Waals surface area contributed by atoms with Crippen LogP contribution in [0, 0.1) is 23.5 Å². The summed E-state index contributed by atoms with van der Waals surface area (Å²) < 4.78 is 27.4. The Bertz CT molecular complexity index is 450. The van der Waals surface area contributed by atoms with Crippen LogP contribution in [0.15, 0.2) is 12.1 Å². The molecule has 0 aromatic heterocycles. The van der Waals surface area contributed by atoms with Crippen molar-refractivity contribution >= 4 is 11.6 Å². The zero-order valence-electron chi connectivity index (χ0n) is 11.1. The third-order valence-electron chi connectivity index (χ3n) is 4.35. The van der Waals surface area contributed by atoms with Crippen LogP contribution in [0.5, 0.6) is 0 Å². The van der Waals surface area contributed by atoms with Crippen molar-refractivity contribution in [2.24, 2.45) is 17.6 Å². The molecule has 0 saturated heterocycles. The molecule has 1 aromatic rings. The molecule has 106 valence electrons. The second kappa shape index (κ2) is 6.19. The molecule has 1 nitrogen and oxygen atoms in total. The van der Waals surface area contributed by atoms with Crippen LogP contribution < -0.4 is 5.73 Å². The molecule has 0 aliphatic heterocycles. The first-order valence-electron chi connectivity index (χ1n) is 6.94. The first kappa shape index (κ1) is 14.7. The minimum Gasteiger partial charge on any atom is -0.324 e. The highest BCUT2D eigenvalue weighted by Gasteiger charge is 2.31. The minimum absolute atomic E-state index is 0.191. The number of benzene rings is 1. The molecule has 1 fully saturated rings. The highest BCUT2D eigenvalue weighted by atomic mass is 35.5. The van der Waals surface area contributed by atoms with E-state index < -0.39 is 17.7 Å². The molecule has 19 heavy (non-hydrogen) atoms. The summed E-state index contributed by atoms with van der Waals surface area (Å²) in [6.45, 7) is 2.13.